The average molecular weight is 312 g/mol. The van der Waals surface area contributed by atoms with Gasteiger partial charge in [-0.1, -0.05) is 57.7 Å². The molecule has 0 aliphatic heterocycles. The van der Waals surface area contributed by atoms with E-state index in [1.165, 1.54) is 0 Å². The van der Waals surface area contributed by atoms with Gasteiger partial charge in [-0.3, -0.25) is 4.90 Å². The van der Waals surface area contributed by atoms with Gasteiger partial charge in [-0.15, -0.1) is 12.4 Å². The molecule has 0 spiro atoms. The van der Waals surface area contributed by atoms with Crippen LogP contribution in [-0.2, 0) is 11.2 Å². The highest BCUT2D eigenvalue weighted by atomic mass is 35.5. The van der Waals surface area contributed by atoms with Crippen LogP contribution in [-0.4, -0.2) is 34.6 Å². The largest absolute Gasteiger partial charge is 0.478 e. The maximum atomic E-state index is 11.5. The lowest BCUT2D eigenvalue weighted by Gasteiger charge is -2.43. The minimum Gasteiger partial charge on any atom is -0.478 e. The van der Waals surface area contributed by atoms with Gasteiger partial charge >= 0.3 is 5.97 Å². The second kappa shape index (κ2) is 8.85. The number of nitrogens with zero attached hydrogens (tertiary/aromatic N) is 1. The topological polar surface area (TPSA) is 40.5 Å². The summed E-state index contributed by atoms with van der Waals surface area (Å²) in [6.07, 6.45) is 1.41. The Morgan fingerprint density at radius 1 is 1.19 bits per heavy atom. The third-order valence-corrected chi connectivity index (χ3v) is 4.11. The molecule has 118 valence electrons. The second-order valence-corrected chi connectivity index (χ2v) is 5.00. The van der Waals surface area contributed by atoms with Gasteiger partial charge in [-0.05, 0) is 31.5 Å². The van der Waals surface area contributed by atoms with Gasteiger partial charge in [0.15, 0.2) is 0 Å². The van der Waals surface area contributed by atoms with Gasteiger partial charge in [-0.25, -0.2) is 4.79 Å². The summed E-state index contributed by atoms with van der Waals surface area (Å²) >= 11 is 0. The number of hydrogen-bond acceptors (Lipinski definition) is 2. The molecule has 0 amide bonds. The first-order valence-corrected chi connectivity index (χ1v) is 7.23. The number of carboxylic acids is 1. The van der Waals surface area contributed by atoms with E-state index < -0.39 is 11.5 Å². The van der Waals surface area contributed by atoms with Crippen molar-refractivity contribution in [1.29, 1.82) is 0 Å². The van der Waals surface area contributed by atoms with Crippen LogP contribution in [0.3, 0.4) is 0 Å². The molecule has 0 aliphatic rings. The van der Waals surface area contributed by atoms with E-state index in [1.807, 2.05) is 37.3 Å². The number of carboxylic acid groups (broad SMARTS) is 1. The molecule has 0 aromatic heterocycles. The quantitative estimate of drug-likeness (QED) is 0.743. The van der Waals surface area contributed by atoms with E-state index in [4.69, 9.17) is 0 Å². The average Bonchev–Trinajstić information content (AvgIpc) is 2.47. The summed E-state index contributed by atoms with van der Waals surface area (Å²) in [6, 6.07) is 10.0. The predicted octanol–water partition coefficient (Wildman–Crippen LogP) is 3.78. The first-order chi connectivity index (χ1) is 9.51. The number of rotatable bonds is 8. The van der Waals surface area contributed by atoms with E-state index in [0.29, 0.717) is 6.42 Å². The third kappa shape index (κ3) is 4.32. The van der Waals surface area contributed by atoms with Gasteiger partial charge in [0.1, 0.15) is 0 Å². The summed E-state index contributed by atoms with van der Waals surface area (Å²) in [5.74, 6) is -0.908. The fraction of sp³-hybridized carbons (Fsp3) is 0.471. The van der Waals surface area contributed by atoms with Gasteiger partial charge in [0.25, 0.3) is 0 Å². The fourth-order valence-corrected chi connectivity index (χ4v) is 2.93. The number of carbonyl (C=O) groups is 1. The van der Waals surface area contributed by atoms with Crippen molar-refractivity contribution in [2.75, 3.05) is 13.1 Å². The summed E-state index contributed by atoms with van der Waals surface area (Å²) in [6.45, 7) is 11.7. The van der Waals surface area contributed by atoms with Crippen molar-refractivity contribution in [2.45, 2.75) is 39.2 Å². The van der Waals surface area contributed by atoms with E-state index in [-0.39, 0.29) is 18.0 Å². The Morgan fingerprint density at radius 3 is 2.10 bits per heavy atom. The zero-order valence-electron chi connectivity index (χ0n) is 13.1. The van der Waals surface area contributed by atoms with Crippen LogP contribution in [0, 0.1) is 0 Å². The maximum absolute atomic E-state index is 11.5. The van der Waals surface area contributed by atoms with Crippen molar-refractivity contribution in [3.8, 4) is 0 Å². The van der Waals surface area contributed by atoms with Crippen LogP contribution in [0.5, 0.6) is 0 Å². The highest BCUT2D eigenvalue weighted by molar-refractivity contribution is 5.88. The molecule has 1 aromatic rings. The highest BCUT2D eigenvalue weighted by Gasteiger charge is 2.39. The van der Waals surface area contributed by atoms with Crippen molar-refractivity contribution in [3.63, 3.8) is 0 Å². The lowest BCUT2D eigenvalue weighted by Crippen LogP contribution is -2.52. The van der Waals surface area contributed by atoms with Crippen molar-refractivity contribution in [1.82, 2.24) is 4.90 Å². The SMILES string of the molecule is C=C(C(=O)O)C(CC)(Cc1ccccc1)N(CC)CC.Cl. The Balaban J connectivity index is 0.00000400. The Labute approximate surface area is 134 Å². The smallest absolute Gasteiger partial charge is 0.332 e. The molecule has 1 N–H and O–H groups in total. The minimum absolute atomic E-state index is 0. The lowest BCUT2D eigenvalue weighted by atomic mass is 9.80. The predicted molar refractivity (Wildman–Crippen MR) is 90.1 cm³/mol. The molecule has 0 saturated carbocycles. The van der Waals surface area contributed by atoms with Gasteiger partial charge in [0.2, 0.25) is 0 Å². The molecule has 21 heavy (non-hydrogen) atoms. The number of aliphatic carboxylic acids is 1. The van der Waals surface area contributed by atoms with E-state index in [2.05, 4.69) is 25.3 Å². The monoisotopic (exact) mass is 311 g/mol. The van der Waals surface area contributed by atoms with Crippen molar-refractivity contribution >= 4 is 18.4 Å². The third-order valence-electron chi connectivity index (χ3n) is 4.11. The molecule has 0 bridgehead atoms. The number of hydrogen-bond donors (Lipinski definition) is 1. The van der Waals surface area contributed by atoms with Crippen molar-refractivity contribution < 1.29 is 9.90 Å². The molecule has 0 heterocycles. The number of likely N-dealkylation sites (N-methyl/N-ethyl adjacent to an activating group) is 1. The Morgan fingerprint density at radius 2 is 1.71 bits per heavy atom. The van der Waals surface area contributed by atoms with Crippen LogP contribution in [0.2, 0.25) is 0 Å². The summed E-state index contributed by atoms with van der Waals surface area (Å²) in [7, 11) is 0. The molecule has 0 aliphatic carbocycles. The standard InChI is InChI=1S/C17H25NO2.ClH/c1-5-17(14(4)16(19)20,18(6-2)7-3)13-15-11-9-8-10-12-15;/h8-12H,4-7,13H2,1-3H3,(H,19,20);1H. The van der Waals surface area contributed by atoms with Crippen LogP contribution in [0.1, 0.15) is 32.8 Å². The molecule has 1 unspecified atom stereocenters. The zero-order valence-corrected chi connectivity index (χ0v) is 13.9. The molecule has 3 nitrogen and oxygen atoms in total. The normalized spacial score (nSPS) is 13.3. The molecule has 4 heteroatoms. The first kappa shape index (κ1) is 19.7. The second-order valence-electron chi connectivity index (χ2n) is 5.00. The van der Waals surface area contributed by atoms with Crippen molar-refractivity contribution in [2.24, 2.45) is 0 Å². The van der Waals surface area contributed by atoms with Gasteiger partial charge in [-0.2, -0.15) is 0 Å². The Bertz CT molecular complexity index is 457. The number of benzene rings is 1. The van der Waals surface area contributed by atoms with Crippen LogP contribution < -0.4 is 0 Å². The Hall–Kier alpha value is -1.32. The molecule has 1 rings (SSSR count). The van der Waals surface area contributed by atoms with Gasteiger partial charge in [0, 0.05) is 0 Å². The van der Waals surface area contributed by atoms with Crippen LogP contribution >= 0.6 is 12.4 Å². The summed E-state index contributed by atoms with van der Waals surface area (Å²) in [5, 5.41) is 9.44. The van der Waals surface area contributed by atoms with Crippen LogP contribution in [0.15, 0.2) is 42.5 Å². The van der Waals surface area contributed by atoms with E-state index in [1.54, 1.807) is 0 Å². The number of halogens is 1. The van der Waals surface area contributed by atoms with Gasteiger partial charge in [0.05, 0.1) is 11.1 Å². The zero-order chi connectivity index (χ0) is 15.2. The van der Waals surface area contributed by atoms with Gasteiger partial charge < -0.3 is 5.11 Å². The lowest BCUT2D eigenvalue weighted by molar-refractivity contribution is -0.134. The molecule has 1 aromatic carbocycles. The maximum Gasteiger partial charge on any atom is 0.332 e. The Kier molecular flexibility index (Phi) is 8.30. The van der Waals surface area contributed by atoms with E-state index in [0.717, 1.165) is 25.1 Å². The minimum atomic E-state index is -0.908. The highest BCUT2D eigenvalue weighted by Crippen LogP contribution is 2.32. The molecule has 0 radical (unpaired) electrons. The summed E-state index contributed by atoms with van der Waals surface area (Å²) in [5.41, 5.74) is 0.910. The molecule has 0 saturated heterocycles. The van der Waals surface area contributed by atoms with E-state index >= 15 is 0 Å². The molecular weight excluding hydrogens is 286 g/mol. The molecule has 0 fully saturated rings. The first-order valence-electron chi connectivity index (χ1n) is 7.23. The van der Waals surface area contributed by atoms with Crippen LogP contribution in [0.25, 0.3) is 0 Å². The summed E-state index contributed by atoms with van der Waals surface area (Å²) in [4.78, 5) is 13.7. The summed E-state index contributed by atoms with van der Waals surface area (Å²) < 4.78 is 0. The van der Waals surface area contributed by atoms with E-state index in [9.17, 15) is 9.90 Å². The molecular formula is C17H26ClNO2. The fourth-order valence-electron chi connectivity index (χ4n) is 2.93. The van der Waals surface area contributed by atoms with Crippen LogP contribution in [0.4, 0.5) is 0 Å². The molecule has 1 atom stereocenters. The van der Waals surface area contributed by atoms with Crippen molar-refractivity contribution in [3.05, 3.63) is 48.0 Å².